The molecular weight excluding hydrogens is 470 g/mol. The van der Waals surface area contributed by atoms with Gasteiger partial charge in [0.1, 0.15) is 11.5 Å². The molecule has 0 bridgehead atoms. The Morgan fingerprint density at radius 3 is 2.40 bits per heavy atom. The van der Waals surface area contributed by atoms with Crippen LogP contribution in [-0.4, -0.2) is 35.6 Å². The monoisotopic (exact) mass is 493 g/mol. The highest BCUT2D eigenvalue weighted by Crippen LogP contribution is 2.45. The predicted octanol–water partition coefficient (Wildman–Crippen LogP) is 5.39. The number of Topliss-reactive ketones (excluding diaryl/α,β-unsaturated/α-hetero) is 1. The van der Waals surface area contributed by atoms with Gasteiger partial charge in [0.25, 0.3) is 11.7 Å². The smallest absolute Gasteiger partial charge is 0.300 e. The van der Waals surface area contributed by atoms with Gasteiger partial charge in [0, 0.05) is 16.3 Å². The molecule has 4 rings (SSSR count). The van der Waals surface area contributed by atoms with Crippen molar-refractivity contribution in [1.29, 1.82) is 0 Å². The first-order valence-electron chi connectivity index (χ1n) is 10.9. The SMILES string of the molecule is CCOc1cc(C2/C(=C(\O)c3ccc(OC)cc3)C(=O)C(=O)N2c2ccc(Cl)cc2C)ccc1O. The van der Waals surface area contributed by atoms with Crippen LogP contribution in [0.2, 0.25) is 5.02 Å². The van der Waals surface area contributed by atoms with Crippen molar-refractivity contribution < 1.29 is 29.3 Å². The predicted molar refractivity (Wildman–Crippen MR) is 133 cm³/mol. The molecule has 0 radical (unpaired) electrons. The average molecular weight is 494 g/mol. The second kappa shape index (κ2) is 9.72. The van der Waals surface area contributed by atoms with Gasteiger partial charge in [-0.25, -0.2) is 0 Å². The van der Waals surface area contributed by atoms with Crippen molar-refractivity contribution in [1.82, 2.24) is 0 Å². The number of methoxy groups -OCH3 is 1. The second-order valence-corrected chi connectivity index (χ2v) is 8.43. The zero-order valence-corrected chi connectivity index (χ0v) is 20.2. The fourth-order valence-electron chi connectivity index (χ4n) is 4.16. The Balaban J connectivity index is 1.96. The highest BCUT2D eigenvalue weighted by Gasteiger charge is 2.47. The quantitative estimate of drug-likeness (QED) is 0.271. The topological polar surface area (TPSA) is 96.3 Å². The van der Waals surface area contributed by atoms with E-state index in [0.717, 1.165) is 0 Å². The van der Waals surface area contributed by atoms with E-state index in [1.165, 1.54) is 18.1 Å². The third kappa shape index (κ3) is 4.42. The lowest BCUT2D eigenvalue weighted by molar-refractivity contribution is -0.132. The van der Waals surface area contributed by atoms with Crippen molar-refractivity contribution >= 4 is 34.7 Å². The standard InChI is InChI=1S/C27H24ClNO6/c1-4-35-22-14-17(7-12-21(22)30)24-23(25(31)16-5-9-19(34-3)10-6-16)26(32)27(33)29(24)20-11-8-18(28)13-15(20)2/h5-14,24,30-31H,4H2,1-3H3/b25-23+. The number of rotatable bonds is 6. The summed E-state index contributed by atoms with van der Waals surface area (Å²) in [5.74, 6) is -1.24. The number of halogens is 1. The molecule has 1 unspecified atom stereocenters. The van der Waals surface area contributed by atoms with Crippen LogP contribution in [0.4, 0.5) is 5.69 Å². The number of aliphatic hydroxyl groups is 1. The van der Waals surface area contributed by atoms with Crippen molar-refractivity contribution in [2.24, 2.45) is 0 Å². The van der Waals surface area contributed by atoms with E-state index in [-0.39, 0.29) is 22.8 Å². The zero-order chi connectivity index (χ0) is 25.3. The normalized spacial score (nSPS) is 17.0. The molecule has 3 aromatic carbocycles. The largest absolute Gasteiger partial charge is 0.507 e. The van der Waals surface area contributed by atoms with Crippen LogP contribution in [-0.2, 0) is 9.59 Å². The van der Waals surface area contributed by atoms with Gasteiger partial charge in [-0.2, -0.15) is 0 Å². The Kier molecular flexibility index (Phi) is 6.71. The molecule has 3 aromatic rings. The average Bonchev–Trinajstić information content (AvgIpc) is 3.10. The molecule has 1 heterocycles. The summed E-state index contributed by atoms with van der Waals surface area (Å²) < 4.78 is 10.7. The number of nitrogens with zero attached hydrogens (tertiary/aromatic N) is 1. The number of aromatic hydroxyl groups is 1. The fraction of sp³-hybridized carbons (Fsp3) is 0.185. The summed E-state index contributed by atoms with van der Waals surface area (Å²) in [5, 5.41) is 21.9. The molecule has 1 aliphatic heterocycles. The number of hydrogen-bond donors (Lipinski definition) is 2. The molecule has 1 saturated heterocycles. The van der Waals surface area contributed by atoms with Gasteiger partial charge in [0.05, 0.1) is 25.3 Å². The molecule has 0 saturated carbocycles. The van der Waals surface area contributed by atoms with Crippen LogP contribution in [0.1, 0.15) is 29.7 Å². The molecule has 7 nitrogen and oxygen atoms in total. The van der Waals surface area contributed by atoms with Gasteiger partial charge in [0.15, 0.2) is 11.5 Å². The molecule has 0 spiro atoms. The summed E-state index contributed by atoms with van der Waals surface area (Å²) in [7, 11) is 1.52. The van der Waals surface area contributed by atoms with Crippen LogP contribution in [0.5, 0.6) is 17.2 Å². The van der Waals surface area contributed by atoms with Crippen molar-refractivity contribution in [3.63, 3.8) is 0 Å². The Hall–Kier alpha value is -3.97. The molecule has 1 atom stereocenters. The van der Waals surface area contributed by atoms with E-state index in [9.17, 15) is 19.8 Å². The number of ether oxygens (including phenoxy) is 2. The molecular formula is C27H24ClNO6. The van der Waals surface area contributed by atoms with Crippen LogP contribution in [0.15, 0.2) is 66.2 Å². The minimum Gasteiger partial charge on any atom is -0.507 e. The van der Waals surface area contributed by atoms with E-state index in [1.54, 1.807) is 68.4 Å². The van der Waals surface area contributed by atoms with E-state index in [2.05, 4.69) is 0 Å². The maximum atomic E-state index is 13.3. The lowest BCUT2D eigenvalue weighted by Crippen LogP contribution is -2.30. The first kappa shape index (κ1) is 24.2. The summed E-state index contributed by atoms with van der Waals surface area (Å²) in [4.78, 5) is 28.0. The summed E-state index contributed by atoms with van der Waals surface area (Å²) in [6.45, 7) is 3.86. The lowest BCUT2D eigenvalue weighted by Gasteiger charge is -2.27. The van der Waals surface area contributed by atoms with E-state index < -0.39 is 17.7 Å². The molecule has 1 fully saturated rings. The van der Waals surface area contributed by atoms with Crippen molar-refractivity contribution in [2.45, 2.75) is 19.9 Å². The summed E-state index contributed by atoms with van der Waals surface area (Å²) in [5.41, 5.74) is 1.90. The van der Waals surface area contributed by atoms with Crippen LogP contribution >= 0.6 is 11.6 Å². The first-order valence-corrected chi connectivity index (χ1v) is 11.3. The minimum atomic E-state index is -0.975. The van der Waals surface area contributed by atoms with E-state index in [4.69, 9.17) is 21.1 Å². The number of carbonyl (C=O) groups is 2. The molecule has 1 amide bonds. The van der Waals surface area contributed by atoms with Gasteiger partial charge in [-0.15, -0.1) is 0 Å². The highest BCUT2D eigenvalue weighted by atomic mass is 35.5. The maximum absolute atomic E-state index is 13.3. The molecule has 180 valence electrons. The van der Waals surface area contributed by atoms with Gasteiger partial charge in [-0.1, -0.05) is 17.7 Å². The number of ketones is 1. The summed E-state index contributed by atoms with van der Waals surface area (Å²) in [6, 6.07) is 15.1. The number of phenolic OH excluding ortho intramolecular Hbond substituents is 1. The minimum absolute atomic E-state index is 0.0784. The van der Waals surface area contributed by atoms with Crippen molar-refractivity contribution in [3.8, 4) is 17.2 Å². The van der Waals surface area contributed by atoms with Gasteiger partial charge >= 0.3 is 0 Å². The van der Waals surface area contributed by atoms with Crippen LogP contribution in [0, 0.1) is 6.92 Å². The third-order valence-corrected chi connectivity index (χ3v) is 6.06. The van der Waals surface area contributed by atoms with Gasteiger partial charge in [0.2, 0.25) is 0 Å². The number of aryl methyl sites for hydroxylation is 1. The first-order chi connectivity index (χ1) is 16.8. The Bertz CT molecular complexity index is 1330. The Morgan fingerprint density at radius 1 is 1.06 bits per heavy atom. The maximum Gasteiger partial charge on any atom is 0.300 e. The number of carbonyl (C=O) groups excluding carboxylic acids is 2. The van der Waals surface area contributed by atoms with Gasteiger partial charge in [-0.3, -0.25) is 14.5 Å². The fourth-order valence-corrected chi connectivity index (χ4v) is 4.39. The molecule has 1 aliphatic rings. The molecule has 2 N–H and O–H groups in total. The van der Waals surface area contributed by atoms with Gasteiger partial charge in [-0.05, 0) is 79.6 Å². The van der Waals surface area contributed by atoms with Gasteiger partial charge < -0.3 is 19.7 Å². The number of amides is 1. The number of phenols is 1. The Morgan fingerprint density at radius 2 is 1.77 bits per heavy atom. The van der Waals surface area contributed by atoms with Crippen LogP contribution in [0.25, 0.3) is 5.76 Å². The zero-order valence-electron chi connectivity index (χ0n) is 19.4. The van der Waals surface area contributed by atoms with E-state index in [1.807, 2.05) is 0 Å². The van der Waals surface area contributed by atoms with Crippen LogP contribution in [0.3, 0.4) is 0 Å². The molecule has 35 heavy (non-hydrogen) atoms. The number of anilines is 1. The van der Waals surface area contributed by atoms with E-state index in [0.29, 0.717) is 39.8 Å². The molecule has 0 aromatic heterocycles. The van der Waals surface area contributed by atoms with Crippen molar-refractivity contribution in [3.05, 3.63) is 87.9 Å². The second-order valence-electron chi connectivity index (χ2n) is 7.99. The van der Waals surface area contributed by atoms with Crippen LogP contribution < -0.4 is 14.4 Å². The Labute approximate surface area is 207 Å². The lowest BCUT2D eigenvalue weighted by atomic mass is 9.94. The third-order valence-electron chi connectivity index (χ3n) is 5.83. The summed E-state index contributed by atoms with van der Waals surface area (Å²) in [6.07, 6.45) is 0. The number of benzene rings is 3. The molecule has 8 heteroatoms. The summed E-state index contributed by atoms with van der Waals surface area (Å²) >= 11 is 6.12. The highest BCUT2D eigenvalue weighted by molar-refractivity contribution is 6.51. The molecule has 0 aliphatic carbocycles. The van der Waals surface area contributed by atoms with E-state index >= 15 is 0 Å². The number of hydrogen-bond acceptors (Lipinski definition) is 6. The van der Waals surface area contributed by atoms with Crippen molar-refractivity contribution in [2.75, 3.05) is 18.6 Å². The number of aliphatic hydroxyl groups excluding tert-OH is 1.